The van der Waals surface area contributed by atoms with Crippen LogP contribution in [0.25, 0.3) is 11.5 Å². The van der Waals surface area contributed by atoms with E-state index < -0.39 is 6.61 Å². The average molecular weight is 477 g/mol. The first-order valence-electron chi connectivity index (χ1n) is 8.44. The summed E-state index contributed by atoms with van der Waals surface area (Å²) in [4.78, 5) is 0.191. The van der Waals surface area contributed by atoms with Gasteiger partial charge in [-0.25, -0.2) is 0 Å². The fourth-order valence-corrected chi connectivity index (χ4v) is 3.11. The first kappa shape index (κ1) is 20.9. The van der Waals surface area contributed by atoms with Crippen LogP contribution in [0, 0.1) is 0 Å². The summed E-state index contributed by atoms with van der Waals surface area (Å²) >= 11 is 8.85. The van der Waals surface area contributed by atoms with Crippen molar-refractivity contribution in [3.63, 3.8) is 0 Å². The van der Waals surface area contributed by atoms with Gasteiger partial charge in [-0.15, -0.1) is 0 Å². The molecule has 8 heteroatoms. The maximum atomic E-state index is 13.2. The van der Waals surface area contributed by atoms with Crippen molar-refractivity contribution in [3.05, 3.63) is 89.2 Å². The van der Waals surface area contributed by atoms with E-state index in [0.29, 0.717) is 11.3 Å². The van der Waals surface area contributed by atoms with Crippen LogP contribution in [-0.2, 0) is 0 Å². The molecule has 0 bridgehead atoms. The number of benzene rings is 2. The van der Waals surface area contributed by atoms with E-state index in [1.165, 1.54) is 12.1 Å². The normalized spacial score (nSPS) is 11.7. The number of halogens is 3. The molecule has 0 amide bonds. The smallest absolute Gasteiger partial charge is 0.387 e. The van der Waals surface area contributed by atoms with E-state index in [2.05, 4.69) is 26.0 Å². The molecule has 148 valence electrons. The molecule has 3 aromatic rings. The Labute approximate surface area is 180 Å². The quantitative estimate of drug-likeness (QED) is 0.247. The molecule has 0 radical (unpaired) electrons. The van der Waals surface area contributed by atoms with Crippen molar-refractivity contribution in [1.29, 1.82) is 0 Å². The highest BCUT2D eigenvalue weighted by molar-refractivity contribution is 9.10. The summed E-state index contributed by atoms with van der Waals surface area (Å²) in [5.74, 6) is -0.229. The van der Waals surface area contributed by atoms with Crippen LogP contribution in [-0.4, -0.2) is 11.6 Å². The number of thiocarbonyl (C=S) groups is 1. The summed E-state index contributed by atoms with van der Waals surface area (Å²) in [6, 6.07) is 18.2. The third-order valence-electron chi connectivity index (χ3n) is 3.85. The summed E-state index contributed by atoms with van der Waals surface area (Å²) in [7, 11) is 0. The molecule has 1 aromatic heterocycles. The van der Waals surface area contributed by atoms with Crippen molar-refractivity contribution >= 4 is 50.3 Å². The topological polar surface area (TPSA) is 48.2 Å². The van der Waals surface area contributed by atoms with Crippen LogP contribution in [0.4, 0.5) is 14.5 Å². The maximum absolute atomic E-state index is 13.2. The lowest BCUT2D eigenvalue weighted by atomic mass is 10.1. The summed E-state index contributed by atoms with van der Waals surface area (Å²) in [5.41, 5.74) is 1.27. The summed E-state index contributed by atoms with van der Waals surface area (Å²) in [6.07, 6.45) is 3.44. The zero-order valence-electron chi connectivity index (χ0n) is 14.9. The second kappa shape index (κ2) is 9.58. The number of rotatable bonds is 6. The molecule has 0 aliphatic heterocycles. The molecule has 2 aromatic carbocycles. The monoisotopic (exact) mass is 476 g/mol. The second-order valence-electron chi connectivity index (χ2n) is 5.82. The van der Waals surface area contributed by atoms with Gasteiger partial charge in [-0.1, -0.05) is 46.3 Å². The van der Waals surface area contributed by atoms with Gasteiger partial charge in [0.05, 0.1) is 0 Å². The summed E-state index contributed by atoms with van der Waals surface area (Å²) < 4.78 is 31.4. The SMILES string of the molecule is [O-]C(=C(C(=S)Nc1ccc(OC(F)F)cc1)[n+]1ccccc1)c1ccc(Br)cc1. The molecule has 1 N–H and O–H groups in total. The van der Waals surface area contributed by atoms with Crippen LogP contribution in [0.5, 0.6) is 5.75 Å². The lowest BCUT2D eigenvalue weighted by molar-refractivity contribution is -0.577. The molecular formula is C21H15BrF2N2O2S. The Morgan fingerprint density at radius 1 is 1.00 bits per heavy atom. The van der Waals surface area contributed by atoms with Crippen molar-refractivity contribution in [3.8, 4) is 5.75 Å². The minimum absolute atomic E-state index is 0.0315. The maximum Gasteiger partial charge on any atom is 0.387 e. The highest BCUT2D eigenvalue weighted by Gasteiger charge is 2.18. The van der Waals surface area contributed by atoms with Crippen LogP contribution in [0.2, 0.25) is 0 Å². The molecule has 0 spiro atoms. The van der Waals surface area contributed by atoms with E-state index >= 15 is 0 Å². The molecule has 4 nitrogen and oxygen atoms in total. The van der Waals surface area contributed by atoms with Gasteiger partial charge in [0.1, 0.15) is 5.75 Å². The van der Waals surface area contributed by atoms with Crippen LogP contribution in [0.3, 0.4) is 0 Å². The fraction of sp³-hybridized carbons (Fsp3) is 0.0476. The lowest BCUT2D eigenvalue weighted by Gasteiger charge is -2.17. The van der Waals surface area contributed by atoms with Crippen molar-refractivity contribution in [2.75, 3.05) is 5.32 Å². The van der Waals surface area contributed by atoms with Gasteiger partial charge in [0.2, 0.25) is 5.70 Å². The van der Waals surface area contributed by atoms with E-state index in [9.17, 15) is 13.9 Å². The van der Waals surface area contributed by atoms with Gasteiger partial charge in [-0.2, -0.15) is 13.3 Å². The first-order valence-corrected chi connectivity index (χ1v) is 9.64. The van der Waals surface area contributed by atoms with Gasteiger partial charge in [0.25, 0.3) is 0 Å². The van der Waals surface area contributed by atoms with Gasteiger partial charge in [-0.3, -0.25) is 0 Å². The van der Waals surface area contributed by atoms with E-state index in [4.69, 9.17) is 12.2 Å². The number of pyridine rings is 1. The zero-order valence-corrected chi connectivity index (χ0v) is 17.3. The number of anilines is 1. The average Bonchev–Trinajstić information content (AvgIpc) is 2.70. The van der Waals surface area contributed by atoms with Crippen LogP contribution in [0.1, 0.15) is 5.56 Å². The number of nitrogens with one attached hydrogen (secondary N) is 1. The van der Waals surface area contributed by atoms with Crippen molar-refractivity contribution in [1.82, 2.24) is 0 Å². The summed E-state index contributed by atoms with van der Waals surface area (Å²) in [6.45, 7) is -2.90. The number of nitrogens with zero attached hydrogens (tertiary/aromatic N) is 1. The van der Waals surface area contributed by atoms with Gasteiger partial charge in [0.15, 0.2) is 17.4 Å². The Hall–Kier alpha value is -2.84. The number of ether oxygens (including phenoxy) is 1. The Morgan fingerprint density at radius 3 is 2.21 bits per heavy atom. The number of hydrogen-bond donors (Lipinski definition) is 1. The number of alkyl halides is 2. The highest BCUT2D eigenvalue weighted by Crippen LogP contribution is 2.21. The largest absolute Gasteiger partial charge is 0.867 e. The van der Waals surface area contributed by atoms with Gasteiger partial charge in [0, 0.05) is 22.3 Å². The minimum Gasteiger partial charge on any atom is -0.867 e. The van der Waals surface area contributed by atoms with Crippen molar-refractivity contribution in [2.24, 2.45) is 0 Å². The molecule has 29 heavy (non-hydrogen) atoms. The minimum atomic E-state index is -2.90. The summed E-state index contributed by atoms with van der Waals surface area (Å²) in [5, 5.41) is 16.1. The Balaban J connectivity index is 1.93. The molecular weight excluding hydrogens is 462 g/mol. The van der Waals surface area contributed by atoms with Gasteiger partial charge < -0.3 is 15.2 Å². The third kappa shape index (κ3) is 5.58. The molecule has 0 aliphatic carbocycles. The van der Waals surface area contributed by atoms with Crippen molar-refractivity contribution in [2.45, 2.75) is 6.61 Å². The number of aromatic nitrogens is 1. The zero-order chi connectivity index (χ0) is 20.8. The molecule has 3 rings (SSSR count). The lowest BCUT2D eigenvalue weighted by Crippen LogP contribution is -2.39. The van der Waals surface area contributed by atoms with Gasteiger partial charge in [-0.05, 0) is 47.7 Å². The molecule has 0 fully saturated rings. The predicted molar refractivity (Wildman–Crippen MR) is 113 cm³/mol. The Bertz CT molecular complexity index is 1010. The number of hydrogen-bond acceptors (Lipinski definition) is 3. The van der Waals surface area contributed by atoms with E-state index in [-0.39, 0.29) is 22.2 Å². The fourth-order valence-electron chi connectivity index (χ4n) is 2.53. The molecule has 1 heterocycles. The first-order chi connectivity index (χ1) is 13.9. The molecule has 0 saturated carbocycles. The van der Waals surface area contributed by atoms with Crippen LogP contribution in [0.15, 0.2) is 83.6 Å². The Morgan fingerprint density at radius 2 is 1.62 bits per heavy atom. The van der Waals surface area contributed by atoms with E-state index in [1.807, 2.05) is 6.07 Å². The molecule has 0 unspecified atom stereocenters. The standard InChI is InChI=1S/C21H15BrF2N2O2S/c22-15-6-4-14(5-7-15)19(27)18(26-12-2-1-3-13-26)20(29)25-16-8-10-17(11-9-16)28-21(23)24/h1-13,21H,(H-,25,27,29). The van der Waals surface area contributed by atoms with Crippen molar-refractivity contribution < 1.29 is 23.2 Å². The molecule has 0 atom stereocenters. The Kier molecular flexibility index (Phi) is 6.90. The van der Waals surface area contributed by atoms with Crippen LogP contribution < -0.4 is 19.7 Å². The highest BCUT2D eigenvalue weighted by atomic mass is 79.9. The molecule has 0 aliphatic rings. The molecule has 0 saturated heterocycles. The third-order valence-corrected chi connectivity index (χ3v) is 4.67. The van der Waals surface area contributed by atoms with E-state index in [1.54, 1.807) is 65.5 Å². The van der Waals surface area contributed by atoms with Crippen LogP contribution >= 0.6 is 28.1 Å². The van der Waals surface area contributed by atoms with E-state index in [0.717, 1.165) is 4.47 Å². The predicted octanol–water partition coefficient (Wildman–Crippen LogP) is 4.46. The van der Waals surface area contributed by atoms with Gasteiger partial charge >= 0.3 is 6.61 Å². The second-order valence-corrected chi connectivity index (χ2v) is 7.15.